The lowest BCUT2D eigenvalue weighted by Crippen LogP contribution is -2.46. The summed E-state index contributed by atoms with van der Waals surface area (Å²) in [5, 5.41) is 10.9. The van der Waals surface area contributed by atoms with E-state index in [0.717, 1.165) is 19.5 Å². The molecule has 2 heterocycles. The number of carbonyl (C=O) groups is 1. The van der Waals surface area contributed by atoms with Crippen molar-refractivity contribution < 1.29 is 14.6 Å². The van der Waals surface area contributed by atoms with Gasteiger partial charge in [-0.25, -0.2) is 4.79 Å². The Bertz CT molecular complexity index is 339. The van der Waals surface area contributed by atoms with Crippen molar-refractivity contribution >= 4 is 17.3 Å². The largest absolute Gasteiger partial charge is 0.479 e. The standard InChI is InChI=1S/C11H15NO3S/c13-11(14)10-8-12(5-6-15-10)4-3-9-2-1-7-16-9/h1-2,7,10H,3-6,8H2,(H,13,14). The summed E-state index contributed by atoms with van der Waals surface area (Å²) in [5.41, 5.74) is 0. The van der Waals surface area contributed by atoms with E-state index in [1.54, 1.807) is 11.3 Å². The summed E-state index contributed by atoms with van der Waals surface area (Å²) in [6.45, 7) is 2.75. The van der Waals surface area contributed by atoms with Crippen LogP contribution < -0.4 is 0 Å². The van der Waals surface area contributed by atoms with Crippen LogP contribution in [-0.2, 0) is 16.0 Å². The monoisotopic (exact) mass is 241 g/mol. The van der Waals surface area contributed by atoms with Gasteiger partial charge < -0.3 is 9.84 Å². The fourth-order valence-corrected chi connectivity index (χ4v) is 2.48. The van der Waals surface area contributed by atoms with Crippen LogP contribution in [0.4, 0.5) is 0 Å². The lowest BCUT2D eigenvalue weighted by atomic mass is 10.2. The third-order valence-electron chi connectivity index (χ3n) is 2.68. The minimum absolute atomic E-state index is 0.501. The maximum absolute atomic E-state index is 10.8. The van der Waals surface area contributed by atoms with E-state index in [1.165, 1.54) is 4.88 Å². The summed E-state index contributed by atoms with van der Waals surface area (Å²) in [6, 6.07) is 4.15. The zero-order valence-corrected chi connectivity index (χ0v) is 9.78. The molecule has 0 bridgehead atoms. The molecular formula is C11H15NO3S. The van der Waals surface area contributed by atoms with Crippen molar-refractivity contribution in [1.29, 1.82) is 0 Å². The Morgan fingerprint density at radius 1 is 1.69 bits per heavy atom. The van der Waals surface area contributed by atoms with Gasteiger partial charge in [0.1, 0.15) is 0 Å². The van der Waals surface area contributed by atoms with Crippen molar-refractivity contribution in [1.82, 2.24) is 4.90 Å². The first-order chi connectivity index (χ1) is 7.75. The topological polar surface area (TPSA) is 49.8 Å². The first kappa shape index (κ1) is 11.6. The molecule has 16 heavy (non-hydrogen) atoms. The number of thiophene rings is 1. The third-order valence-corrected chi connectivity index (χ3v) is 3.62. The molecule has 0 aliphatic carbocycles. The van der Waals surface area contributed by atoms with Crippen molar-refractivity contribution in [2.24, 2.45) is 0 Å². The number of nitrogens with zero attached hydrogens (tertiary/aromatic N) is 1. The van der Waals surface area contributed by atoms with Gasteiger partial charge in [-0.1, -0.05) is 6.07 Å². The Labute approximate surface area is 98.4 Å². The summed E-state index contributed by atoms with van der Waals surface area (Å²) in [6.07, 6.45) is 0.335. The summed E-state index contributed by atoms with van der Waals surface area (Å²) in [7, 11) is 0. The van der Waals surface area contributed by atoms with Gasteiger partial charge in [-0.05, 0) is 17.9 Å². The summed E-state index contributed by atoms with van der Waals surface area (Å²) in [4.78, 5) is 14.3. The van der Waals surface area contributed by atoms with Gasteiger partial charge in [0.25, 0.3) is 0 Å². The minimum Gasteiger partial charge on any atom is -0.479 e. The molecule has 1 saturated heterocycles. The Balaban J connectivity index is 1.79. The number of aliphatic carboxylic acids is 1. The number of hydrogen-bond donors (Lipinski definition) is 1. The van der Waals surface area contributed by atoms with Crippen LogP contribution in [0.5, 0.6) is 0 Å². The van der Waals surface area contributed by atoms with E-state index in [2.05, 4.69) is 16.3 Å². The molecule has 1 aliphatic heterocycles. The van der Waals surface area contributed by atoms with Gasteiger partial charge in [0.15, 0.2) is 6.10 Å². The molecule has 1 unspecified atom stereocenters. The molecule has 4 nitrogen and oxygen atoms in total. The SMILES string of the molecule is O=C(O)C1CN(CCc2cccs2)CCO1. The Morgan fingerprint density at radius 2 is 2.56 bits per heavy atom. The van der Waals surface area contributed by atoms with Gasteiger partial charge in [-0.2, -0.15) is 0 Å². The van der Waals surface area contributed by atoms with Crippen LogP contribution in [-0.4, -0.2) is 48.3 Å². The molecule has 1 aromatic heterocycles. The molecule has 0 radical (unpaired) electrons. The maximum atomic E-state index is 10.8. The van der Waals surface area contributed by atoms with Crippen LogP contribution in [0.3, 0.4) is 0 Å². The van der Waals surface area contributed by atoms with Crippen LogP contribution in [0.25, 0.3) is 0 Å². The zero-order chi connectivity index (χ0) is 11.4. The highest BCUT2D eigenvalue weighted by Crippen LogP contribution is 2.11. The molecule has 0 aromatic carbocycles. The van der Waals surface area contributed by atoms with Gasteiger partial charge in [0.2, 0.25) is 0 Å². The van der Waals surface area contributed by atoms with Crippen LogP contribution in [0.2, 0.25) is 0 Å². The fraction of sp³-hybridized carbons (Fsp3) is 0.545. The molecule has 88 valence electrons. The van der Waals surface area contributed by atoms with Gasteiger partial charge in [-0.3, -0.25) is 4.90 Å². The number of morpholine rings is 1. The second-order valence-corrected chi connectivity index (χ2v) is 4.86. The lowest BCUT2D eigenvalue weighted by molar-refractivity contribution is -0.155. The van der Waals surface area contributed by atoms with Crippen LogP contribution >= 0.6 is 11.3 Å². The van der Waals surface area contributed by atoms with E-state index >= 15 is 0 Å². The van der Waals surface area contributed by atoms with Crippen molar-refractivity contribution in [3.63, 3.8) is 0 Å². The van der Waals surface area contributed by atoms with Gasteiger partial charge >= 0.3 is 5.97 Å². The normalized spacial score (nSPS) is 22.1. The predicted octanol–water partition coefficient (Wildman–Crippen LogP) is 1.08. The van der Waals surface area contributed by atoms with E-state index in [0.29, 0.717) is 13.2 Å². The van der Waals surface area contributed by atoms with Crippen molar-refractivity contribution in [3.05, 3.63) is 22.4 Å². The lowest BCUT2D eigenvalue weighted by Gasteiger charge is -2.30. The number of carboxylic acid groups (broad SMARTS) is 1. The van der Waals surface area contributed by atoms with Crippen LogP contribution in [0, 0.1) is 0 Å². The molecule has 1 fully saturated rings. The van der Waals surface area contributed by atoms with E-state index in [9.17, 15) is 4.79 Å². The molecule has 5 heteroatoms. The van der Waals surface area contributed by atoms with Gasteiger partial charge in [0.05, 0.1) is 6.61 Å². The van der Waals surface area contributed by atoms with E-state index in [-0.39, 0.29) is 0 Å². The highest BCUT2D eigenvalue weighted by atomic mass is 32.1. The van der Waals surface area contributed by atoms with Gasteiger partial charge in [0, 0.05) is 24.5 Å². The zero-order valence-electron chi connectivity index (χ0n) is 8.96. The molecular weight excluding hydrogens is 226 g/mol. The Morgan fingerprint density at radius 3 is 3.25 bits per heavy atom. The first-order valence-electron chi connectivity index (χ1n) is 5.35. The minimum atomic E-state index is -0.860. The smallest absolute Gasteiger partial charge is 0.334 e. The number of carboxylic acids is 1. The second kappa shape index (κ2) is 5.43. The molecule has 1 aromatic rings. The molecule has 0 saturated carbocycles. The molecule has 1 aliphatic rings. The highest BCUT2D eigenvalue weighted by molar-refractivity contribution is 7.09. The average Bonchev–Trinajstić information content (AvgIpc) is 2.79. The first-order valence-corrected chi connectivity index (χ1v) is 6.23. The predicted molar refractivity (Wildman–Crippen MR) is 61.8 cm³/mol. The summed E-state index contributed by atoms with van der Waals surface area (Å²) >= 11 is 1.74. The number of hydrogen-bond acceptors (Lipinski definition) is 4. The summed E-state index contributed by atoms with van der Waals surface area (Å²) < 4.78 is 5.17. The third kappa shape index (κ3) is 3.04. The highest BCUT2D eigenvalue weighted by Gasteiger charge is 2.25. The van der Waals surface area contributed by atoms with Crippen LogP contribution in [0.1, 0.15) is 4.88 Å². The molecule has 0 amide bonds. The van der Waals surface area contributed by atoms with E-state index in [1.807, 2.05) is 6.07 Å². The Hall–Kier alpha value is -0.910. The van der Waals surface area contributed by atoms with Gasteiger partial charge in [-0.15, -0.1) is 11.3 Å². The van der Waals surface area contributed by atoms with Crippen molar-refractivity contribution in [3.8, 4) is 0 Å². The summed E-state index contributed by atoms with van der Waals surface area (Å²) in [5.74, 6) is -0.860. The quantitative estimate of drug-likeness (QED) is 0.857. The van der Waals surface area contributed by atoms with E-state index in [4.69, 9.17) is 9.84 Å². The molecule has 2 rings (SSSR count). The molecule has 1 atom stereocenters. The second-order valence-electron chi connectivity index (χ2n) is 3.83. The molecule has 0 spiro atoms. The molecule has 1 N–H and O–H groups in total. The van der Waals surface area contributed by atoms with Crippen LogP contribution in [0.15, 0.2) is 17.5 Å². The number of ether oxygens (including phenoxy) is 1. The van der Waals surface area contributed by atoms with E-state index < -0.39 is 12.1 Å². The average molecular weight is 241 g/mol. The van der Waals surface area contributed by atoms with Crippen molar-refractivity contribution in [2.45, 2.75) is 12.5 Å². The van der Waals surface area contributed by atoms with Crippen molar-refractivity contribution in [2.75, 3.05) is 26.2 Å². The maximum Gasteiger partial charge on any atom is 0.334 e. The fourth-order valence-electron chi connectivity index (χ4n) is 1.78. The number of rotatable bonds is 4. The Kier molecular flexibility index (Phi) is 3.93.